The van der Waals surface area contributed by atoms with Crippen LogP contribution in [0.25, 0.3) is 10.8 Å². The molecular weight excluding hydrogens is 340 g/mol. The fourth-order valence-electron chi connectivity index (χ4n) is 3.45. The Kier molecular flexibility index (Phi) is 5.02. The number of hydrogen-bond donors (Lipinski definition) is 1. The Balaban J connectivity index is 1.43. The highest BCUT2D eigenvalue weighted by Gasteiger charge is 2.22. The fourth-order valence-corrected chi connectivity index (χ4v) is 3.45. The van der Waals surface area contributed by atoms with E-state index in [9.17, 15) is 0 Å². The van der Waals surface area contributed by atoms with Crippen LogP contribution in [0.2, 0.25) is 0 Å². The van der Waals surface area contributed by atoms with E-state index in [2.05, 4.69) is 43.1 Å². The number of fused-ring (bicyclic) bond motifs is 1. The molecule has 1 atom stereocenters. The summed E-state index contributed by atoms with van der Waals surface area (Å²) in [6.07, 6.45) is 5.60. The van der Waals surface area contributed by atoms with E-state index < -0.39 is 0 Å². The summed E-state index contributed by atoms with van der Waals surface area (Å²) >= 11 is 0. The van der Waals surface area contributed by atoms with Crippen LogP contribution in [-0.2, 0) is 0 Å². The lowest BCUT2D eigenvalue weighted by molar-refractivity contribution is 0.214. The smallest absolute Gasteiger partial charge is 0.225 e. The van der Waals surface area contributed by atoms with Gasteiger partial charge in [-0.3, -0.25) is 4.90 Å². The minimum Gasteiger partial charge on any atom is -0.497 e. The predicted octanol–water partition coefficient (Wildman–Crippen LogP) is 2.61. The average molecular weight is 364 g/mol. The van der Waals surface area contributed by atoms with Gasteiger partial charge in [0.2, 0.25) is 5.95 Å². The molecule has 0 aliphatic carbocycles. The number of benzene rings is 1. The quantitative estimate of drug-likeness (QED) is 0.746. The number of piperazine rings is 1. The van der Waals surface area contributed by atoms with Crippen molar-refractivity contribution in [2.45, 2.75) is 13.1 Å². The zero-order valence-corrected chi connectivity index (χ0v) is 15.7. The van der Waals surface area contributed by atoms with Gasteiger partial charge >= 0.3 is 0 Å². The minimum absolute atomic E-state index is 0.184. The molecule has 140 valence electrons. The van der Waals surface area contributed by atoms with Crippen LogP contribution in [0, 0.1) is 0 Å². The van der Waals surface area contributed by atoms with Crippen LogP contribution < -0.4 is 15.0 Å². The van der Waals surface area contributed by atoms with Crippen LogP contribution in [0.4, 0.5) is 11.8 Å². The highest BCUT2D eigenvalue weighted by molar-refractivity contribution is 5.92. The van der Waals surface area contributed by atoms with Crippen molar-refractivity contribution in [1.82, 2.24) is 19.9 Å². The first-order chi connectivity index (χ1) is 13.2. The Labute approximate surface area is 159 Å². The molecule has 1 fully saturated rings. The number of pyridine rings is 1. The molecule has 1 aromatic carbocycles. The summed E-state index contributed by atoms with van der Waals surface area (Å²) in [6.45, 7) is 5.90. The molecule has 3 aromatic rings. The number of hydrogen-bond acceptors (Lipinski definition) is 7. The van der Waals surface area contributed by atoms with Gasteiger partial charge in [0.25, 0.3) is 0 Å². The molecule has 0 radical (unpaired) electrons. The summed E-state index contributed by atoms with van der Waals surface area (Å²) in [5, 5.41) is 5.79. The van der Waals surface area contributed by atoms with Crippen LogP contribution in [0.15, 0.2) is 48.9 Å². The third kappa shape index (κ3) is 3.78. The summed E-state index contributed by atoms with van der Waals surface area (Å²) in [4.78, 5) is 17.9. The van der Waals surface area contributed by atoms with E-state index in [0.29, 0.717) is 0 Å². The summed E-state index contributed by atoms with van der Waals surface area (Å²) in [7, 11) is 1.68. The van der Waals surface area contributed by atoms with E-state index in [-0.39, 0.29) is 6.17 Å². The maximum absolute atomic E-state index is 5.32. The molecule has 7 heteroatoms. The van der Waals surface area contributed by atoms with Crippen molar-refractivity contribution < 1.29 is 4.74 Å². The SMILES string of the molecule is COc1ccc2c(NC(C)N3CCN(c4ncccn4)CC3)nccc2c1. The van der Waals surface area contributed by atoms with Crippen molar-refractivity contribution in [2.24, 2.45) is 0 Å². The molecule has 3 heterocycles. The molecule has 0 bridgehead atoms. The molecule has 0 saturated carbocycles. The van der Waals surface area contributed by atoms with Gasteiger partial charge in [-0.05, 0) is 42.6 Å². The van der Waals surface area contributed by atoms with Crippen molar-refractivity contribution in [3.63, 3.8) is 0 Å². The van der Waals surface area contributed by atoms with Gasteiger partial charge in [-0.25, -0.2) is 15.0 Å². The molecule has 7 nitrogen and oxygen atoms in total. The molecule has 4 rings (SSSR count). The molecular formula is C20H24N6O. The Hall–Kier alpha value is -2.93. The van der Waals surface area contributed by atoms with Crippen LogP contribution >= 0.6 is 0 Å². The molecule has 1 aliphatic rings. The number of rotatable bonds is 5. The van der Waals surface area contributed by atoms with Gasteiger partial charge in [0.1, 0.15) is 11.6 Å². The molecule has 0 amide bonds. The lowest BCUT2D eigenvalue weighted by Gasteiger charge is -2.38. The first-order valence-corrected chi connectivity index (χ1v) is 9.20. The van der Waals surface area contributed by atoms with Gasteiger partial charge < -0.3 is 15.0 Å². The summed E-state index contributed by atoms with van der Waals surface area (Å²) in [6, 6.07) is 9.91. The Morgan fingerprint density at radius 2 is 1.78 bits per heavy atom. The van der Waals surface area contributed by atoms with Crippen LogP contribution in [0.5, 0.6) is 5.75 Å². The third-order valence-electron chi connectivity index (χ3n) is 5.01. The topological polar surface area (TPSA) is 66.4 Å². The summed E-state index contributed by atoms with van der Waals surface area (Å²) < 4.78 is 5.32. The number of anilines is 2. The Morgan fingerprint density at radius 1 is 1.00 bits per heavy atom. The number of nitrogens with zero attached hydrogens (tertiary/aromatic N) is 5. The first-order valence-electron chi connectivity index (χ1n) is 9.20. The van der Waals surface area contributed by atoms with Gasteiger partial charge in [0, 0.05) is 50.2 Å². The normalized spacial score (nSPS) is 16.3. The van der Waals surface area contributed by atoms with Crippen LogP contribution in [0.1, 0.15) is 6.92 Å². The second-order valence-corrected chi connectivity index (χ2v) is 6.64. The van der Waals surface area contributed by atoms with Crippen molar-refractivity contribution in [2.75, 3.05) is 43.5 Å². The molecule has 1 aliphatic heterocycles. The second kappa shape index (κ2) is 7.75. The van der Waals surface area contributed by atoms with Crippen molar-refractivity contribution in [3.8, 4) is 5.75 Å². The van der Waals surface area contributed by atoms with Crippen LogP contribution in [0.3, 0.4) is 0 Å². The summed E-state index contributed by atoms with van der Waals surface area (Å²) in [5.41, 5.74) is 0. The zero-order chi connectivity index (χ0) is 18.6. The van der Waals surface area contributed by atoms with E-state index in [1.165, 1.54) is 0 Å². The zero-order valence-electron chi connectivity index (χ0n) is 15.7. The van der Waals surface area contributed by atoms with Crippen LogP contribution in [-0.4, -0.2) is 59.3 Å². The molecule has 0 spiro atoms. The number of ether oxygens (including phenoxy) is 1. The third-order valence-corrected chi connectivity index (χ3v) is 5.01. The van der Waals surface area contributed by atoms with Gasteiger partial charge in [-0.2, -0.15) is 0 Å². The molecule has 1 saturated heterocycles. The first kappa shape index (κ1) is 17.5. The Morgan fingerprint density at radius 3 is 2.52 bits per heavy atom. The predicted molar refractivity (Wildman–Crippen MR) is 107 cm³/mol. The number of nitrogens with one attached hydrogen (secondary N) is 1. The maximum atomic E-state index is 5.32. The number of aromatic nitrogens is 3. The monoisotopic (exact) mass is 364 g/mol. The minimum atomic E-state index is 0.184. The van der Waals surface area contributed by atoms with Gasteiger partial charge in [0.15, 0.2) is 0 Å². The lowest BCUT2D eigenvalue weighted by Crippen LogP contribution is -2.52. The molecule has 1 N–H and O–H groups in total. The average Bonchev–Trinajstić information content (AvgIpc) is 2.74. The molecule has 1 unspecified atom stereocenters. The highest BCUT2D eigenvalue weighted by Crippen LogP contribution is 2.26. The van der Waals surface area contributed by atoms with Crippen molar-refractivity contribution in [1.29, 1.82) is 0 Å². The summed E-state index contributed by atoms with van der Waals surface area (Å²) in [5.74, 6) is 2.56. The lowest BCUT2D eigenvalue weighted by atomic mass is 10.1. The van der Waals surface area contributed by atoms with Gasteiger partial charge in [-0.1, -0.05) is 0 Å². The Bertz CT molecular complexity index is 895. The maximum Gasteiger partial charge on any atom is 0.225 e. The van der Waals surface area contributed by atoms with E-state index in [0.717, 1.165) is 54.5 Å². The van der Waals surface area contributed by atoms with E-state index in [1.807, 2.05) is 30.5 Å². The fraction of sp³-hybridized carbons (Fsp3) is 0.350. The second-order valence-electron chi connectivity index (χ2n) is 6.64. The van der Waals surface area contributed by atoms with E-state index in [1.54, 1.807) is 19.5 Å². The van der Waals surface area contributed by atoms with Gasteiger partial charge in [-0.15, -0.1) is 0 Å². The van der Waals surface area contributed by atoms with Gasteiger partial charge in [0.05, 0.1) is 13.3 Å². The molecule has 2 aromatic heterocycles. The molecule has 27 heavy (non-hydrogen) atoms. The standard InChI is InChI=1S/C20H24N6O/c1-15(25-10-12-26(13-11-25)20-22-7-3-8-23-20)24-19-18-5-4-17(27-2)14-16(18)6-9-21-19/h3-9,14-15H,10-13H2,1-2H3,(H,21,24). The van der Waals surface area contributed by atoms with E-state index >= 15 is 0 Å². The largest absolute Gasteiger partial charge is 0.497 e. The highest BCUT2D eigenvalue weighted by atomic mass is 16.5. The van der Waals surface area contributed by atoms with Crippen molar-refractivity contribution in [3.05, 3.63) is 48.9 Å². The van der Waals surface area contributed by atoms with E-state index in [4.69, 9.17) is 4.74 Å². The number of methoxy groups -OCH3 is 1. The van der Waals surface area contributed by atoms with Crippen molar-refractivity contribution >= 4 is 22.5 Å².